The Bertz CT molecular complexity index is 409. The quantitative estimate of drug-likeness (QED) is 0.737. The molecule has 21 heavy (non-hydrogen) atoms. The van der Waals surface area contributed by atoms with Crippen LogP contribution in [0.5, 0.6) is 0 Å². The number of rotatable bonds is 4. The van der Waals surface area contributed by atoms with Crippen molar-refractivity contribution in [3.63, 3.8) is 0 Å². The van der Waals surface area contributed by atoms with Crippen LogP contribution in [0, 0.1) is 11.3 Å². The van der Waals surface area contributed by atoms with Crippen LogP contribution in [0.3, 0.4) is 0 Å². The lowest BCUT2D eigenvalue weighted by Gasteiger charge is -2.60. The molecule has 0 aromatic carbocycles. The fraction of sp³-hybridized carbons (Fsp3) is 0.933. The highest BCUT2D eigenvalue weighted by molar-refractivity contribution is 5.89. The smallest absolute Gasteiger partial charge is 0.241 e. The van der Waals surface area contributed by atoms with E-state index in [2.05, 4.69) is 10.2 Å². The molecule has 2 heterocycles. The maximum absolute atomic E-state index is 12.6. The summed E-state index contributed by atoms with van der Waals surface area (Å²) in [5.41, 5.74) is 5.42. The van der Waals surface area contributed by atoms with E-state index in [1.165, 1.54) is 0 Å². The average molecular weight is 297 g/mol. The Labute approximate surface area is 126 Å². The van der Waals surface area contributed by atoms with Gasteiger partial charge in [0, 0.05) is 44.1 Å². The Hall–Kier alpha value is -0.690. The number of nitrogens with one attached hydrogen (secondary N) is 1. The van der Waals surface area contributed by atoms with Crippen LogP contribution in [-0.4, -0.2) is 68.4 Å². The zero-order valence-corrected chi connectivity index (χ0v) is 13.1. The zero-order chi connectivity index (χ0) is 15.1. The third-order valence-corrected chi connectivity index (χ3v) is 5.65. The van der Waals surface area contributed by atoms with Crippen LogP contribution >= 0.6 is 0 Å². The molecule has 3 N–H and O–H groups in total. The summed E-state index contributed by atoms with van der Waals surface area (Å²) in [6.45, 7) is 9.75. The first kappa shape index (κ1) is 15.2. The third kappa shape index (κ3) is 2.29. The van der Waals surface area contributed by atoms with E-state index in [4.69, 9.17) is 15.2 Å². The number of hydrogen-bond donors (Lipinski definition) is 2. The lowest BCUT2D eigenvalue weighted by molar-refractivity contribution is -0.175. The second kappa shape index (κ2) is 5.50. The second-order valence-electron chi connectivity index (χ2n) is 6.99. The van der Waals surface area contributed by atoms with Crippen LogP contribution in [0.2, 0.25) is 0 Å². The van der Waals surface area contributed by atoms with Gasteiger partial charge in [-0.2, -0.15) is 0 Å². The molecule has 3 atom stereocenters. The normalized spacial score (nSPS) is 38.6. The molecule has 1 amide bonds. The SMILES string of the molecule is CC1(C)C2OCCC2C1(N)C(=O)NCCN1CCOCC1. The predicted molar refractivity (Wildman–Crippen MR) is 78.8 cm³/mol. The standard InChI is InChI=1S/C15H27N3O3/c1-14(2)12-11(3-8-21-12)15(14,16)13(19)17-4-5-18-6-9-20-10-7-18/h11-12H,3-10,16H2,1-2H3,(H,17,19). The fourth-order valence-corrected chi connectivity index (χ4v) is 4.14. The lowest BCUT2D eigenvalue weighted by atomic mass is 9.48. The summed E-state index contributed by atoms with van der Waals surface area (Å²) in [5, 5.41) is 3.04. The minimum absolute atomic E-state index is 0.0208. The maximum atomic E-state index is 12.6. The molecule has 120 valence electrons. The monoisotopic (exact) mass is 297 g/mol. The van der Waals surface area contributed by atoms with Gasteiger partial charge in [0.1, 0.15) is 5.54 Å². The van der Waals surface area contributed by atoms with Gasteiger partial charge in [0.25, 0.3) is 0 Å². The molecular formula is C15H27N3O3. The maximum Gasteiger partial charge on any atom is 0.241 e. The van der Waals surface area contributed by atoms with Crippen molar-refractivity contribution in [1.82, 2.24) is 10.2 Å². The van der Waals surface area contributed by atoms with Crippen LogP contribution in [0.4, 0.5) is 0 Å². The molecule has 0 bridgehead atoms. The van der Waals surface area contributed by atoms with Gasteiger partial charge in [-0.05, 0) is 6.42 Å². The van der Waals surface area contributed by atoms with Crippen LogP contribution in [0.1, 0.15) is 20.3 Å². The van der Waals surface area contributed by atoms with E-state index in [1.54, 1.807) is 0 Å². The van der Waals surface area contributed by atoms with Crippen molar-refractivity contribution >= 4 is 5.91 Å². The van der Waals surface area contributed by atoms with Crippen molar-refractivity contribution < 1.29 is 14.3 Å². The summed E-state index contributed by atoms with van der Waals surface area (Å²) < 4.78 is 11.0. The summed E-state index contributed by atoms with van der Waals surface area (Å²) in [6.07, 6.45) is 1.02. The van der Waals surface area contributed by atoms with Crippen molar-refractivity contribution in [3.8, 4) is 0 Å². The fourth-order valence-electron chi connectivity index (χ4n) is 4.14. The Morgan fingerprint density at radius 2 is 2.05 bits per heavy atom. The van der Waals surface area contributed by atoms with Gasteiger partial charge in [-0.25, -0.2) is 0 Å². The van der Waals surface area contributed by atoms with E-state index in [0.29, 0.717) is 6.54 Å². The molecule has 0 aromatic heterocycles. The average Bonchev–Trinajstić information content (AvgIpc) is 2.95. The Balaban J connectivity index is 1.52. The number of nitrogens with zero attached hydrogens (tertiary/aromatic N) is 1. The van der Waals surface area contributed by atoms with Crippen molar-refractivity contribution in [2.24, 2.45) is 17.1 Å². The third-order valence-electron chi connectivity index (χ3n) is 5.65. The van der Waals surface area contributed by atoms with Crippen LogP contribution in [-0.2, 0) is 14.3 Å². The van der Waals surface area contributed by atoms with Crippen LogP contribution in [0.25, 0.3) is 0 Å². The molecule has 2 aliphatic heterocycles. The van der Waals surface area contributed by atoms with E-state index in [0.717, 1.165) is 45.9 Å². The molecule has 3 rings (SSSR count). The molecule has 3 fully saturated rings. The van der Waals surface area contributed by atoms with Crippen molar-refractivity contribution in [2.75, 3.05) is 46.0 Å². The van der Waals surface area contributed by atoms with Crippen molar-refractivity contribution in [2.45, 2.75) is 31.9 Å². The van der Waals surface area contributed by atoms with Crippen LogP contribution in [0.15, 0.2) is 0 Å². The Kier molecular flexibility index (Phi) is 3.98. The second-order valence-corrected chi connectivity index (χ2v) is 6.99. The number of carbonyl (C=O) groups is 1. The van der Waals surface area contributed by atoms with Gasteiger partial charge in [0.15, 0.2) is 0 Å². The lowest BCUT2D eigenvalue weighted by Crippen LogP contribution is -2.80. The summed E-state index contributed by atoms with van der Waals surface area (Å²) in [7, 11) is 0. The molecule has 0 spiro atoms. The molecule has 1 aliphatic carbocycles. The largest absolute Gasteiger partial charge is 0.379 e. The first-order valence-electron chi connectivity index (χ1n) is 7.97. The number of morpholine rings is 1. The van der Waals surface area contributed by atoms with Gasteiger partial charge < -0.3 is 20.5 Å². The highest BCUT2D eigenvalue weighted by atomic mass is 16.5. The molecule has 1 saturated carbocycles. The minimum atomic E-state index is -0.792. The van der Waals surface area contributed by atoms with Crippen molar-refractivity contribution in [1.29, 1.82) is 0 Å². The van der Waals surface area contributed by atoms with Gasteiger partial charge in [-0.1, -0.05) is 13.8 Å². The topological polar surface area (TPSA) is 76.8 Å². The number of amides is 1. The predicted octanol–water partition coefficient (Wildman–Crippen LogP) is -0.423. The van der Waals surface area contributed by atoms with E-state index >= 15 is 0 Å². The van der Waals surface area contributed by atoms with Gasteiger partial charge in [-0.3, -0.25) is 9.69 Å². The van der Waals surface area contributed by atoms with Crippen molar-refractivity contribution in [3.05, 3.63) is 0 Å². The Morgan fingerprint density at radius 3 is 2.76 bits per heavy atom. The number of carbonyl (C=O) groups excluding carboxylic acids is 1. The minimum Gasteiger partial charge on any atom is -0.379 e. The number of fused-ring (bicyclic) bond motifs is 1. The van der Waals surface area contributed by atoms with Crippen LogP contribution < -0.4 is 11.1 Å². The van der Waals surface area contributed by atoms with E-state index in [1.807, 2.05) is 13.8 Å². The zero-order valence-electron chi connectivity index (χ0n) is 13.1. The van der Waals surface area contributed by atoms with Gasteiger partial charge >= 0.3 is 0 Å². The van der Waals surface area contributed by atoms with E-state index in [-0.39, 0.29) is 23.3 Å². The number of nitrogens with two attached hydrogens (primary N) is 1. The van der Waals surface area contributed by atoms with E-state index < -0.39 is 5.54 Å². The molecule has 3 unspecified atom stereocenters. The molecule has 0 aromatic rings. The molecule has 3 aliphatic rings. The van der Waals surface area contributed by atoms with E-state index in [9.17, 15) is 4.79 Å². The molecule has 2 saturated heterocycles. The summed E-state index contributed by atoms with van der Waals surface area (Å²) >= 11 is 0. The number of hydrogen-bond acceptors (Lipinski definition) is 5. The Morgan fingerprint density at radius 1 is 1.33 bits per heavy atom. The molecule has 6 heteroatoms. The summed E-state index contributed by atoms with van der Waals surface area (Å²) in [4.78, 5) is 14.9. The number of ether oxygens (including phenoxy) is 2. The molecule has 0 radical (unpaired) electrons. The first-order valence-corrected chi connectivity index (χ1v) is 7.97. The summed E-state index contributed by atoms with van der Waals surface area (Å²) in [6, 6.07) is 0. The van der Waals surface area contributed by atoms with Gasteiger partial charge in [-0.15, -0.1) is 0 Å². The highest BCUT2D eigenvalue weighted by Crippen LogP contribution is 2.58. The summed E-state index contributed by atoms with van der Waals surface area (Å²) in [5.74, 6) is 0.142. The van der Waals surface area contributed by atoms with Gasteiger partial charge in [0.2, 0.25) is 5.91 Å². The molecule has 6 nitrogen and oxygen atoms in total. The van der Waals surface area contributed by atoms with Gasteiger partial charge in [0.05, 0.1) is 19.3 Å². The molecular weight excluding hydrogens is 270 g/mol. The first-order chi connectivity index (χ1) is 9.98. The highest BCUT2D eigenvalue weighted by Gasteiger charge is 2.71.